The Morgan fingerprint density at radius 2 is 1.05 bits per heavy atom. The molecule has 0 N–H and O–H groups in total. The molecule has 2 aliphatic carbocycles. The minimum atomic E-state index is -0.224. The summed E-state index contributed by atoms with van der Waals surface area (Å²) in [5.41, 5.74) is 5.59. The summed E-state index contributed by atoms with van der Waals surface area (Å²) >= 11 is 7.71. The molecule has 0 unspecified atom stereocenters. The third kappa shape index (κ3) is 15.5. The molecule has 0 aliphatic heterocycles. The van der Waals surface area contributed by atoms with Crippen LogP contribution in [-0.2, 0) is 41.8 Å². The van der Waals surface area contributed by atoms with E-state index in [1.807, 2.05) is 12.1 Å². The summed E-state index contributed by atoms with van der Waals surface area (Å²) in [7, 11) is 9.49. The van der Waals surface area contributed by atoms with E-state index in [2.05, 4.69) is 88.5 Å². The van der Waals surface area contributed by atoms with Crippen LogP contribution in [0.3, 0.4) is 0 Å². The molecule has 0 bridgehead atoms. The number of benzene rings is 2. The number of halogens is 2. The van der Waals surface area contributed by atoms with E-state index < -0.39 is 0 Å². The number of allylic oxidation sites excluding steroid dienone is 4. The first-order valence-electron chi connectivity index (χ1n) is 19.2. The van der Waals surface area contributed by atoms with Crippen LogP contribution in [0.1, 0.15) is 120 Å². The fourth-order valence-corrected chi connectivity index (χ4v) is 7.48. The number of carbonyl (C=O) groups is 2. The van der Waals surface area contributed by atoms with Gasteiger partial charge in [-0.1, -0.05) is 78.8 Å². The molecule has 4 rings (SSSR count). The minimum absolute atomic E-state index is 0.0919. The number of unbranched alkanes of at least 4 members (excludes halogenated alkanes) is 4. The average Bonchev–Trinajstić information content (AvgIpc) is 3.20. The maximum absolute atomic E-state index is 12.4. The SMILES string of the molecule is CCCCCc1cc(OC)c([C@@H]2C=C(C)CC[C@H]2C(=O)OC)c(OC)c1.COC(=O)[C@@H]1CCC(C)=C[C@H]1c1c(OC)cc(Br)cc1OC.[CH2-]CCCC.[Zn+][Br]. The summed E-state index contributed by atoms with van der Waals surface area (Å²) in [4.78, 5) is 24.5. The Morgan fingerprint density at radius 1 is 0.673 bits per heavy atom. The van der Waals surface area contributed by atoms with Gasteiger partial charge in [-0.2, -0.15) is 6.42 Å². The number of hydrogen-bond acceptors (Lipinski definition) is 8. The van der Waals surface area contributed by atoms with Crippen LogP contribution < -0.4 is 18.9 Å². The Hall–Kier alpha value is -2.36. The van der Waals surface area contributed by atoms with Crippen LogP contribution in [0.4, 0.5) is 0 Å². The van der Waals surface area contributed by atoms with E-state index in [9.17, 15) is 9.59 Å². The summed E-state index contributed by atoms with van der Waals surface area (Å²) in [5, 5.41) is 0. The summed E-state index contributed by atoms with van der Waals surface area (Å²) in [6.45, 7) is 12.2. The molecule has 0 heterocycles. The zero-order valence-electron chi connectivity index (χ0n) is 35.0. The summed E-state index contributed by atoms with van der Waals surface area (Å²) in [5.74, 6) is 1.99. The van der Waals surface area contributed by atoms with E-state index in [0.29, 0.717) is 11.5 Å². The summed E-state index contributed by atoms with van der Waals surface area (Å²) < 4.78 is 33.4. The number of methoxy groups -OCH3 is 6. The van der Waals surface area contributed by atoms with E-state index in [1.54, 1.807) is 28.4 Å². The van der Waals surface area contributed by atoms with Gasteiger partial charge in [0.2, 0.25) is 0 Å². The van der Waals surface area contributed by atoms with Gasteiger partial charge in [0.25, 0.3) is 0 Å². The second-order valence-corrected chi connectivity index (χ2v) is 14.6. The van der Waals surface area contributed by atoms with Crippen LogP contribution in [0.25, 0.3) is 0 Å². The van der Waals surface area contributed by atoms with Crippen molar-refractivity contribution in [3.8, 4) is 23.0 Å². The standard InChI is InChI=1S/C22H32O4.C17H21BrO4.C5H11.BrH.Zn/c1-6-7-8-9-16-13-19(24-3)21(20(14-16)25-4)18-12-15(2)10-11-17(18)22(23)26-5;1-10-5-6-12(17(19)22-4)13(7-10)16-14(20-2)8-11(18)9-15(16)21-3;1-3-5-4-2;;/h12-14,17-18H,6-11H2,1-5H3;7-9,12-13H,5-6H2,1-4H3;1,3-5H2,2H3;1H;/q;;-1;;+2/p-1/t17-,18-;12-,13-;;;/m11.../s1. The van der Waals surface area contributed by atoms with Crippen LogP contribution in [0.15, 0.2) is 52.0 Å². The Morgan fingerprint density at radius 3 is 1.36 bits per heavy atom. The van der Waals surface area contributed by atoms with Gasteiger partial charge in [0.15, 0.2) is 0 Å². The third-order valence-corrected chi connectivity index (χ3v) is 10.4. The van der Waals surface area contributed by atoms with Crippen molar-refractivity contribution in [3.05, 3.63) is 75.7 Å². The van der Waals surface area contributed by atoms with Crippen LogP contribution in [0, 0.1) is 18.8 Å². The average molecular weight is 946 g/mol. The third-order valence-electron chi connectivity index (χ3n) is 9.95. The first-order valence-corrected chi connectivity index (χ1v) is 26.9. The Labute approximate surface area is 357 Å². The molecule has 0 saturated heterocycles. The molecule has 0 aromatic heterocycles. The normalized spacial score (nSPS) is 18.6. The van der Waals surface area contributed by atoms with Gasteiger partial charge in [-0.25, -0.2) is 0 Å². The zero-order valence-corrected chi connectivity index (χ0v) is 41.1. The fourth-order valence-electron chi connectivity index (χ4n) is 7.07. The second-order valence-electron chi connectivity index (χ2n) is 13.7. The van der Waals surface area contributed by atoms with Gasteiger partial charge in [0, 0.05) is 27.4 Å². The quantitative estimate of drug-likeness (QED) is 0.0608. The first kappa shape index (κ1) is 50.7. The number of ether oxygens (including phenoxy) is 6. The van der Waals surface area contributed by atoms with E-state index in [4.69, 9.17) is 28.4 Å². The maximum atomic E-state index is 12.4. The van der Waals surface area contributed by atoms with E-state index in [1.165, 1.54) is 73.0 Å². The molecule has 0 radical (unpaired) electrons. The first-order chi connectivity index (χ1) is 26.5. The van der Waals surface area contributed by atoms with E-state index in [-0.39, 0.29) is 35.6 Å². The predicted molar refractivity (Wildman–Crippen MR) is 226 cm³/mol. The van der Waals surface area contributed by atoms with Crippen molar-refractivity contribution in [2.75, 3.05) is 42.7 Å². The van der Waals surface area contributed by atoms with Gasteiger partial charge in [-0.05, 0) is 82.2 Å². The molecule has 55 heavy (non-hydrogen) atoms. The monoisotopic (exact) mass is 942 g/mol. The van der Waals surface area contributed by atoms with Crippen molar-refractivity contribution >= 4 is 41.5 Å². The molecule has 0 saturated carbocycles. The molecule has 2 aliphatic rings. The van der Waals surface area contributed by atoms with Crippen LogP contribution in [0.5, 0.6) is 23.0 Å². The van der Waals surface area contributed by atoms with Crippen molar-refractivity contribution in [2.45, 2.75) is 110 Å². The van der Waals surface area contributed by atoms with Crippen molar-refractivity contribution in [1.82, 2.24) is 0 Å². The van der Waals surface area contributed by atoms with Crippen LogP contribution in [-0.4, -0.2) is 54.6 Å². The van der Waals surface area contributed by atoms with Crippen LogP contribution in [0.2, 0.25) is 0 Å². The fraction of sp³-hybridized carbons (Fsp3) is 0.568. The van der Waals surface area contributed by atoms with Gasteiger partial charge in [0.1, 0.15) is 23.0 Å². The molecular weight excluding hydrogens is 882 g/mol. The predicted octanol–water partition coefficient (Wildman–Crippen LogP) is 12.0. The second kappa shape index (κ2) is 28.1. The Kier molecular flexibility index (Phi) is 25.9. The van der Waals surface area contributed by atoms with Gasteiger partial charge in [0.05, 0.1) is 54.5 Å². The molecule has 304 valence electrons. The summed E-state index contributed by atoms with van der Waals surface area (Å²) in [6, 6.07) is 7.98. The van der Waals surface area contributed by atoms with Crippen molar-refractivity contribution in [1.29, 1.82) is 0 Å². The van der Waals surface area contributed by atoms with Crippen molar-refractivity contribution in [3.63, 3.8) is 0 Å². The Balaban J connectivity index is 0.000000475. The number of rotatable bonds is 14. The number of carbonyl (C=O) groups excluding carboxylic acids is 2. The number of hydrogen-bond donors (Lipinski definition) is 0. The number of esters is 2. The molecular formula is C44H64Br2O8Zn. The molecule has 2 aromatic rings. The molecule has 0 amide bonds. The molecule has 4 atom stereocenters. The zero-order chi connectivity index (χ0) is 41.5. The van der Waals surface area contributed by atoms with E-state index in [0.717, 1.165) is 72.0 Å². The van der Waals surface area contributed by atoms with Gasteiger partial charge < -0.3 is 35.3 Å². The van der Waals surface area contributed by atoms with Crippen LogP contribution >= 0.6 is 29.6 Å². The van der Waals surface area contributed by atoms with Gasteiger partial charge in [-0.3, -0.25) is 9.59 Å². The summed E-state index contributed by atoms with van der Waals surface area (Å²) in [6.07, 6.45) is 15.9. The van der Waals surface area contributed by atoms with E-state index >= 15 is 0 Å². The van der Waals surface area contributed by atoms with Crippen molar-refractivity contribution in [2.24, 2.45) is 11.8 Å². The van der Waals surface area contributed by atoms with Gasteiger partial charge in [-0.15, -0.1) is 0 Å². The topological polar surface area (TPSA) is 89.5 Å². The Bertz CT molecular complexity index is 1470. The van der Waals surface area contributed by atoms with Crippen molar-refractivity contribution < 1.29 is 54.4 Å². The molecule has 2 aromatic carbocycles. The molecule has 8 nitrogen and oxygen atoms in total. The molecule has 0 spiro atoms. The molecule has 11 heteroatoms. The van der Waals surface area contributed by atoms with Gasteiger partial charge >= 0.3 is 41.9 Å². The number of aryl methyl sites for hydroxylation is 1. The molecule has 0 fully saturated rings.